The summed E-state index contributed by atoms with van der Waals surface area (Å²) >= 11 is 0. The van der Waals surface area contributed by atoms with Crippen LogP contribution in [0.4, 0.5) is 0 Å². The number of carbonyl (C=O) groups is 1. The minimum absolute atomic E-state index is 0.0657. The monoisotopic (exact) mass is 250 g/mol. The molecule has 18 heavy (non-hydrogen) atoms. The topological polar surface area (TPSA) is 46.5 Å². The van der Waals surface area contributed by atoms with Crippen LogP contribution >= 0.6 is 0 Å². The SMILES string of the molecule is COc1ccc(C(C(=O)O)C(C)C)cc1C(C)C. The van der Waals surface area contributed by atoms with Crippen molar-refractivity contribution in [2.24, 2.45) is 5.92 Å². The van der Waals surface area contributed by atoms with Crippen LogP contribution in [0.1, 0.15) is 50.7 Å². The van der Waals surface area contributed by atoms with Gasteiger partial charge in [-0.25, -0.2) is 0 Å². The quantitative estimate of drug-likeness (QED) is 0.867. The number of rotatable bonds is 5. The smallest absolute Gasteiger partial charge is 0.311 e. The summed E-state index contributed by atoms with van der Waals surface area (Å²) in [7, 11) is 1.64. The van der Waals surface area contributed by atoms with Gasteiger partial charge in [-0.1, -0.05) is 39.8 Å². The van der Waals surface area contributed by atoms with Crippen LogP contribution < -0.4 is 4.74 Å². The average Bonchev–Trinajstić information content (AvgIpc) is 2.27. The zero-order valence-corrected chi connectivity index (χ0v) is 11.7. The lowest BCUT2D eigenvalue weighted by Gasteiger charge is -2.20. The van der Waals surface area contributed by atoms with Gasteiger partial charge in [0.05, 0.1) is 13.0 Å². The lowest BCUT2D eigenvalue weighted by atomic mass is 9.86. The standard InChI is InChI=1S/C15H22O3/c1-9(2)12-8-11(6-7-13(12)18-5)14(10(3)4)15(16)17/h6-10,14H,1-5H3,(H,16,17). The molecule has 0 fully saturated rings. The second-order valence-electron chi connectivity index (χ2n) is 5.22. The molecule has 1 aromatic rings. The normalized spacial score (nSPS) is 12.8. The fraction of sp³-hybridized carbons (Fsp3) is 0.533. The van der Waals surface area contributed by atoms with Gasteiger partial charge in [-0.2, -0.15) is 0 Å². The first kappa shape index (κ1) is 14.6. The van der Waals surface area contributed by atoms with Crippen molar-refractivity contribution in [2.75, 3.05) is 7.11 Å². The minimum Gasteiger partial charge on any atom is -0.496 e. The Kier molecular flexibility index (Phi) is 4.76. The first-order valence-electron chi connectivity index (χ1n) is 6.29. The van der Waals surface area contributed by atoms with Crippen LogP contribution in [0.5, 0.6) is 5.75 Å². The maximum atomic E-state index is 11.3. The van der Waals surface area contributed by atoms with Crippen LogP contribution in [0.3, 0.4) is 0 Å². The highest BCUT2D eigenvalue weighted by Gasteiger charge is 2.24. The molecule has 0 radical (unpaired) electrons. The van der Waals surface area contributed by atoms with Crippen molar-refractivity contribution < 1.29 is 14.6 Å². The van der Waals surface area contributed by atoms with E-state index in [4.69, 9.17) is 4.74 Å². The molecule has 3 nitrogen and oxygen atoms in total. The Morgan fingerprint density at radius 1 is 1.22 bits per heavy atom. The summed E-state index contributed by atoms with van der Waals surface area (Å²) in [6.07, 6.45) is 0. The molecule has 1 rings (SSSR count). The fourth-order valence-electron chi connectivity index (χ4n) is 2.21. The van der Waals surface area contributed by atoms with Crippen LogP contribution in [0, 0.1) is 5.92 Å². The largest absolute Gasteiger partial charge is 0.496 e. The number of benzene rings is 1. The van der Waals surface area contributed by atoms with E-state index in [9.17, 15) is 9.90 Å². The highest BCUT2D eigenvalue weighted by Crippen LogP contribution is 2.32. The minimum atomic E-state index is -0.773. The van der Waals surface area contributed by atoms with Crippen LogP contribution in [-0.4, -0.2) is 18.2 Å². The molecule has 100 valence electrons. The molecule has 0 amide bonds. The molecule has 0 saturated heterocycles. The number of methoxy groups -OCH3 is 1. The average molecular weight is 250 g/mol. The Bertz CT molecular complexity index is 422. The molecule has 1 N–H and O–H groups in total. The van der Waals surface area contributed by atoms with Crippen molar-refractivity contribution in [2.45, 2.75) is 39.5 Å². The van der Waals surface area contributed by atoms with Crippen LogP contribution in [0.15, 0.2) is 18.2 Å². The van der Waals surface area contributed by atoms with Gasteiger partial charge >= 0.3 is 5.97 Å². The van der Waals surface area contributed by atoms with Crippen molar-refractivity contribution in [3.63, 3.8) is 0 Å². The number of aliphatic carboxylic acids is 1. The predicted octanol–water partition coefficient (Wildman–Crippen LogP) is 3.64. The Hall–Kier alpha value is -1.51. The Morgan fingerprint density at radius 2 is 1.83 bits per heavy atom. The van der Waals surface area contributed by atoms with Crippen LogP contribution in [-0.2, 0) is 4.79 Å². The maximum absolute atomic E-state index is 11.3. The molecule has 0 heterocycles. The van der Waals surface area contributed by atoms with Gasteiger partial charge in [0, 0.05) is 0 Å². The third-order valence-electron chi connectivity index (χ3n) is 3.17. The van der Waals surface area contributed by atoms with Crippen molar-refractivity contribution >= 4 is 5.97 Å². The van der Waals surface area contributed by atoms with Crippen molar-refractivity contribution in [3.8, 4) is 5.75 Å². The van der Waals surface area contributed by atoms with Gasteiger partial charge in [0.2, 0.25) is 0 Å². The van der Waals surface area contributed by atoms with E-state index in [1.165, 1.54) is 0 Å². The van der Waals surface area contributed by atoms with Gasteiger partial charge in [0.15, 0.2) is 0 Å². The Labute approximate surface area is 109 Å². The highest BCUT2D eigenvalue weighted by atomic mass is 16.5. The summed E-state index contributed by atoms with van der Waals surface area (Å²) in [5, 5.41) is 9.32. The molecule has 0 saturated carbocycles. The summed E-state index contributed by atoms with van der Waals surface area (Å²) in [4.78, 5) is 11.3. The Morgan fingerprint density at radius 3 is 2.22 bits per heavy atom. The number of hydrogen-bond acceptors (Lipinski definition) is 2. The van der Waals surface area contributed by atoms with Gasteiger partial charge in [0.1, 0.15) is 5.75 Å². The van der Waals surface area contributed by atoms with Crippen molar-refractivity contribution in [1.82, 2.24) is 0 Å². The molecule has 1 unspecified atom stereocenters. The number of carboxylic acids is 1. The summed E-state index contributed by atoms with van der Waals surface area (Å²) in [6.45, 7) is 8.01. The molecule has 0 aromatic heterocycles. The molecular weight excluding hydrogens is 228 g/mol. The van der Waals surface area contributed by atoms with E-state index in [0.717, 1.165) is 16.9 Å². The molecule has 0 aliphatic carbocycles. The van der Waals surface area contributed by atoms with Crippen molar-refractivity contribution in [1.29, 1.82) is 0 Å². The van der Waals surface area contributed by atoms with Gasteiger partial charge in [-0.15, -0.1) is 0 Å². The van der Waals surface area contributed by atoms with E-state index in [1.807, 2.05) is 32.0 Å². The maximum Gasteiger partial charge on any atom is 0.311 e. The first-order chi connectivity index (χ1) is 8.38. The molecule has 1 aromatic carbocycles. The van der Waals surface area contributed by atoms with Gasteiger partial charge < -0.3 is 9.84 Å². The van der Waals surface area contributed by atoms with E-state index < -0.39 is 11.9 Å². The highest BCUT2D eigenvalue weighted by molar-refractivity contribution is 5.76. The van der Waals surface area contributed by atoms with Crippen LogP contribution in [0.2, 0.25) is 0 Å². The van der Waals surface area contributed by atoms with Gasteiger partial charge in [0.25, 0.3) is 0 Å². The molecule has 1 atom stereocenters. The second kappa shape index (κ2) is 5.89. The summed E-state index contributed by atoms with van der Waals surface area (Å²) < 4.78 is 5.31. The predicted molar refractivity (Wildman–Crippen MR) is 72.3 cm³/mol. The molecule has 3 heteroatoms. The van der Waals surface area contributed by atoms with E-state index >= 15 is 0 Å². The molecule has 0 aliphatic heterocycles. The molecule has 0 bridgehead atoms. The number of ether oxygens (including phenoxy) is 1. The first-order valence-corrected chi connectivity index (χ1v) is 6.29. The lowest BCUT2D eigenvalue weighted by Crippen LogP contribution is -2.17. The van der Waals surface area contributed by atoms with Gasteiger partial charge in [-0.3, -0.25) is 4.79 Å². The third kappa shape index (κ3) is 3.03. The third-order valence-corrected chi connectivity index (χ3v) is 3.17. The second-order valence-corrected chi connectivity index (χ2v) is 5.22. The zero-order chi connectivity index (χ0) is 13.9. The number of hydrogen-bond donors (Lipinski definition) is 1. The summed E-state index contributed by atoms with van der Waals surface area (Å²) in [5.41, 5.74) is 1.91. The Balaban J connectivity index is 3.25. The lowest BCUT2D eigenvalue weighted by molar-refractivity contribution is -0.139. The number of carboxylic acid groups (broad SMARTS) is 1. The summed E-state index contributed by atoms with van der Waals surface area (Å²) in [6, 6.07) is 5.68. The summed E-state index contributed by atoms with van der Waals surface area (Å²) in [5.74, 6) is -0.0441. The van der Waals surface area contributed by atoms with Gasteiger partial charge in [-0.05, 0) is 29.0 Å². The fourth-order valence-corrected chi connectivity index (χ4v) is 2.21. The van der Waals surface area contributed by atoms with E-state index in [0.29, 0.717) is 5.92 Å². The van der Waals surface area contributed by atoms with Crippen LogP contribution in [0.25, 0.3) is 0 Å². The molecular formula is C15H22O3. The van der Waals surface area contributed by atoms with E-state index in [-0.39, 0.29) is 5.92 Å². The van der Waals surface area contributed by atoms with E-state index in [1.54, 1.807) is 7.11 Å². The molecule has 0 spiro atoms. The van der Waals surface area contributed by atoms with Crippen molar-refractivity contribution in [3.05, 3.63) is 29.3 Å². The molecule has 0 aliphatic rings. The zero-order valence-electron chi connectivity index (χ0n) is 11.7. The van der Waals surface area contributed by atoms with E-state index in [2.05, 4.69) is 13.8 Å².